The van der Waals surface area contributed by atoms with E-state index in [-0.39, 0.29) is 18.1 Å². The maximum Gasteiger partial charge on any atom is 0.235 e. The van der Waals surface area contributed by atoms with Crippen molar-refractivity contribution in [3.63, 3.8) is 0 Å². The highest BCUT2D eigenvalue weighted by atomic mass is 16.2. The van der Waals surface area contributed by atoms with E-state index < -0.39 is 0 Å². The summed E-state index contributed by atoms with van der Waals surface area (Å²) in [7, 11) is 0. The van der Waals surface area contributed by atoms with E-state index >= 15 is 0 Å². The van der Waals surface area contributed by atoms with E-state index in [4.69, 9.17) is 0 Å². The van der Waals surface area contributed by atoms with Crippen molar-refractivity contribution in [2.24, 2.45) is 0 Å². The lowest BCUT2D eigenvalue weighted by atomic mass is 10.0. The summed E-state index contributed by atoms with van der Waals surface area (Å²) in [5.41, 5.74) is 4.90. The summed E-state index contributed by atoms with van der Waals surface area (Å²) in [5, 5.41) is 0. The molecule has 4 rings (SSSR count). The van der Waals surface area contributed by atoms with Crippen LogP contribution in [0.4, 0.5) is 5.69 Å². The second kappa shape index (κ2) is 10.9. The molecule has 4 aromatic rings. The summed E-state index contributed by atoms with van der Waals surface area (Å²) >= 11 is 0. The van der Waals surface area contributed by atoms with E-state index in [2.05, 4.69) is 11.8 Å². The second-order valence-electron chi connectivity index (χ2n) is 8.07. The first-order valence-corrected chi connectivity index (χ1v) is 11.2. The molecule has 0 fully saturated rings. The molecule has 0 saturated heterocycles. The van der Waals surface area contributed by atoms with Gasteiger partial charge in [0.15, 0.2) is 5.78 Å². The van der Waals surface area contributed by atoms with Crippen LogP contribution in [0.25, 0.3) is 0 Å². The van der Waals surface area contributed by atoms with Gasteiger partial charge < -0.3 is 4.90 Å². The van der Waals surface area contributed by atoms with E-state index in [0.717, 1.165) is 22.3 Å². The van der Waals surface area contributed by atoms with Crippen molar-refractivity contribution in [2.75, 3.05) is 4.90 Å². The van der Waals surface area contributed by atoms with Gasteiger partial charge in [0.25, 0.3) is 0 Å². The number of carbonyl (C=O) groups is 2. The van der Waals surface area contributed by atoms with Crippen LogP contribution in [-0.4, -0.2) is 11.7 Å². The Morgan fingerprint density at radius 2 is 1.35 bits per heavy atom. The first-order chi connectivity index (χ1) is 16.6. The predicted octanol–water partition coefficient (Wildman–Crippen LogP) is 6.20. The molecule has 0 aliphatic rings. The highest BCUT2D eigenvalue weighted by Gasteiger charge is 2.22. The average Bonchev–Trinajstić information content (AvgIpc) is 2.88. The maximum absolute atomic E-state index is 13.5. The minimum atomic E-state index is -0.260. The molecule has 0 radical (unpaired) electrons. The third-order valence-corrected chi connectivity index (χ3v) is 5.45. The van der Waals surface area contributed by atoms with Crippen molar-refractivity contribution in [1.82, 2.24) is 0 Å². The molecule has 0 atom stereocenters. The van der Waals surface area contributed by atoms with Crippen molar-refractivity contribution in [3.8, 4) is 11.8 Å². The fourth-order valence-corrected chi connectivity index (χ4v) is 3.68. The smallest absolute Gasteiger partial charge is 0.235 e. The fraction of sp³-hybridized carbons (Fsp3) is 0.0968. The van der Waals surface area contributed by atoms with Crippen molar-refractivity contribution in [1.29, 1.82) is 0 Å². The lowest BCUT2D eigenvalue weighted by Gasteiger charge is -2.24. The predicted molar refractivity (Wildman–Crippen MR) is 137 cm³/mol. The van der Waals surface area contributed by atoms with Gasteiger partial charge in [-0.25, -0.2) is 0 Å². The van der Waals surface area contributed by atoms with Crippen LogP contribution >= 0.6 is 0 Å². The van der Waals surface area contributed by atoms with Crippen LogP contribution in [0.3, 0.4) is 0 Å². The summed E-state index contributed by atoms with van der Waals surface area (Å²) in [6.45, 7) is 2.35. The Labute approximate surface area is 200 Å². The second-order valence-corrected chi connectivity index (χ2v) is 8.07. The van der Waals surface area contributed by atoms with E-state index in [1.165, 1.54) is 0 Å². The molecule has 0 aliphatic heterocycles. The maximum atomic E-state index is 13.5. The summed E-state index contributed by atoms with van der Waals surface area (Å²) < 4.78 is 0. The van der Waals surface area contributed by atoms with Gasteiger partial charge in [0.2, 0.25) is 5.91 Å². The van der Waals surface area contributed by atoms with Crippen molar-refractivity contribution >= 4 is 17.4 Å². The molecule has 3 nitrogen and oxygen atoms in total. The van der Waals surface area contributed by atoms with Gasteiger partial charge in [0, 0.05) is 16.7 Å². The zero-order valence-corrected chi connectivity index (χ0v) is 19.1. The monoisotopic (exact) mass is 443 g/mol. The Bertz CT molecular complexity index is 1330. The lowest BCUT2D eigenvalue weighted by Crippen LogP contribution is -2.32. The van der Waals surface area contributed by atoms with Gasteiger partial charge in [0.1, 0.15) is 0 Å². The molecule has 34 heavy (non-hydrogen) atoms. The van der Waals surface area contributed by atoms with E-state index in [9.17, 15) is 9.59 Å². The molecule has 0 heterocycles. The number of benzene rings is 4. The van der Waals surface area contributed by atoms with E-state index in [1.54, 1.807) is 29.2 Å². The number of anilines is 1. The molecule has 0 saturated carbocycles. The van der Waals surface area contributed by atoms with Gasteiger partial charge in [-0.15, -0.1) is 0 Å². The Kier molecular flexibility index (Phi) is 7.32. The first kappa shape index (κ1) is 22.8. The van der Waals surface area contributed by atoms with Crippen molar-refractivity contribution in [2.45, 2.75) is 19.9 Å². The molecule has 0 N–H and O–H groups in total. The Morgan fingerprint density at radius 1 is 0.735 bits per heavy atom. The summed E-state index contributed by atoms with van der Waals surface area (Å²) in [4.78, 5) is 28.0. The minimum Gasteiger partial charge on any atom is -0.306 e. The summed E-state index contributed by atoms with van der Waals surface area (Å²) in [6, 6.07) is 34.3. The molecule has 0 unspecified atom stereocenters. The topological polar surface area (TPSA) is 37.4 Å². The van der Waals surface area contributed by atoms with E-state index in [1.807, 2.05) is 91.9 Å². The van der Waals surface area contributed by atoms with E-state index in [0.29, 0.717) is 17.8 Å². The molecule has 3 heteroatoms. The number of hydrogen-bond acceptors (Lipinski definition) is 2. The zero-order valence-electron chi connectivity index (χ0n) is 19.1. The molecule has 166 valence electrons. The number of rotatable bonds is 6. The number of nitrogens with zero attached hydrogens (tertiary/aromatic N) is 1. The highest BCUT2D eigenvalue weighted by Crippen LogP contribution is 2.25. The van der Waals surface area contributed by atoms with Gasteiger partial charge in [-0.05, 0) is 42.3 Å². The number of aryl methyl sites for hydroxylation is 1. The quantitative estimate of drug-likeness (QED) is 0.202. The molecule has 0 spiro atoms. The minimum absolute atomic E-state index is 0.201. The fourth-order valence-electron chi connectivity index (χ4n) is 3.68. The number of ketones is 1. The van der Waals surface area contributed by atoms with Crippen LogP contribution in [0.15, 0.2) is 109 Å². The third-order valence-electron chi connectivity index (χ3n) is 5.45. The number of carbonyl (C=O) groups excluding carboxylic acids is 2. The average molecular weight is 444 g/mol. The van der Waals surface area contributed by atoms with Gasteiger partial charge in [0.05, 0.1) is 18.7 Å². The molecule has 0 aliphatic carbocycles. The summed E-state index contributed by atoms with van der Waals surface area (Å²) in [5.74, 6) is 5.98. The SMILES string of the molecule is Cc1ccc(N(Cc2ccccc2)C(=O)CC(=O)c2ccccc2)c(C#Cc2ccccc2)c1. The third kappa shape index (κ3) is 5.88. The Balaban J connectivity index is 1.71. The molecule has 0 aromatic heterocycles. The Morgan fingerprint density at radius 3 is 2.03 bits per heavy atom. The number of amides is 1. The molecule has 4 aromatic carbocycles. The van der Waals surface area contributed by atoms with Crippen LogP contribution in [0.1, 0.15) is 39.0 Å². The molecule has 1 amide bonds. The van der Waals surface area contributed by atoms with Crippen molar-refractivity contribution in [3.05, 3.63) is 137 Å². The molecular formula is C31H25NO2. The van der Waals surface area contributed by atoms with Gasteiger partial charge in [-0.2, -0.15) is 0 Å². The summed E-state index contributed by atoms with van der Waals surface area (Å²) in [6.07, 6.45) is -0.212. The van der Waals surface area contributed by atoms with Gasteiger partial charge in [-0.1, -0.05) is 96.8 Å². The molecular weight excluding hydrogens is 418 g/mol. The Hall–Kier alpha value is -4.42. The normalized spacial score (nSPS) is 10.1. The van der Waals surface area contributed by atoms with Crippen LogP contribution in [0.5, 0.6) is 0 Å². The van der Waals surface area contributed by atoms with Crippen molar-refractivity contribution < 1.29 is 9.59 Å². The lowest BCUT2D eigenvalue weighted by molar-refractivity contribution is -0.117. The van der Waals surface area contributed by atoms with Crippen LogP contribution in [-0.2, 0) is 11.3 Å². The van der Waals surface area contributed by atoms with Crippen LogP contribution in [0, 0.1) is 18.8 Å². The number of Topliss-reactive ketones (excluding diaryl/α,β-unsaturated/α-hetero) is 1. The zero-order chi connectivity index (χ0) is 23.8. The highest BCUT2D eigenvalue weighted by molar-refractivity contribution is 6.12. The number of hydrogen-bond donors (Lipinski definition) is 0. The van der Waals surface area contributed by atoms with Gasteiger partial charge >= 0.3 is 0 Å². The standard InChI is InChI=1S/C31H25NO2/c1-24-17-20-29(28(21-24)19-18-25-11-5-2-6-12-25)32(23-26-13-7-3-8-14-26)31(34)22-30(33)27-15-9-4-10-16-27/h2-17,20-21H,22-23H2,1H3. The van der Waals surface area contributed by atoms with Gasteiger partial charge in [-0.3, -0.25) is 9.59 Å². The largest absolute Gasteiger partial charge is 0.306 e. The van der Waals surface area contributed by atoms with Crippen LogP contribution in [0.2, 0.25) is 0 Å². The van der Waals surface area contributed by atoms with Crippen LogP contribution < -0.4 is 4.90 Å². The first-order valence-electron chi connectivity index (χ1n) is 11.2. The molecule has 0 bridgehead atoms.